The third-order valence-electron chi connectivity index (χ3n) is 2.33. The number of rotatable bonds is 1. The van der Waals surface area contributed by atoms with Gasteiger partial charge in [0.15, 0.2) is 0 Å². The molecule has 0 nitrogen and oxygen atoms in total. The Morgan fingerprint density at radius 3 is 2.79 bits per heavy atom. The summed E-state index contributed by atoms with van der Waals surface area (Å²) in [6.07, 6.45) is 0. The highest BCUT2D eigenvalue weighted by atomic mass is 32.1. The van der Waals surface area contributed by atoms with Gasteiger partial charge in [0.2, 0.25) is 0 Å². The maximum Gasteiger partial charge on any atom is 0.0348 e. The highest BCUT2D eigenvalue weighted by Crippen LogP contribution is 2.32. The summed E-state index contributed by atoms with van der Waals surface area (Å²) in [5.41, 5.74) is 2.68. The Hall–Kier alpha value is -1.12. The summed E-state index contributed by atoms with van der Waals surface area (Å²) in [6, 6.07) is 10.9. The van der Waals surface area contributed by atoms with Gasteiger partial charge in [0.05, 0.1) is 0 Å². The summed E-state index contributed by atoms with van der Waals surface area (Å²) < 4.78 is 1.37. The second kappa shape index (κ2) is 3.23. The summed E-state index contributed by atoms with van der Waals surface area (Å²) >= 11 is 3.55. The predicted molar refractivity (Wildman–Crippen MR) is 65.1 cm³/mol. The number of hydrogen-bond donors (Lipinski definition) is 0. The molecule has 68 valence electrons. The third kappa shape index (κ3) is 1.19. The van der Waals surface area contributed by atoms with Gasteiger partial charge in [0.1, 0.15) is 0 Å². The number of fused-ring (bicyclic) bond motifs is 1. The van der Waals surface area contributed by atoms with E-state index in [2.05, 4.69) is 46.5 Å². The van der Waals surface area contributed by atoms with Crippen molar-refractivity contribution in [2.24, 2.45) is 0 Å². The Balaban J connectivity index is 2.36. The van der Waals surface area contributed by atoms with Crippen LogP contribution in [0.3, 0.4) is 0 Å². The van der Waals surface area contributed by atoms with Crippen LogP contribution in [0.5, 0.6) is 0 Å². The number of hydrogen-bond acceptors (Lipinski definition) is 2. The molecular formula is C12H8S2. The lowest BCUT2D eigenvalue weighted by Crippen LogP contribution is -1.73. The average molecular weight is 216 g/mol. The van der Waals surface area contributed by atoms with E-state index in [0.29, 0.717) is 0 Å². The van der Waals surface area contributed by atoms with E-state index in [4.69, 9.17) is 0 Å². The van der Waals surface area contributed by atoms with Crippen LogP contribution in [0.1, 0.15) is 0 Å². The largest absolute Gasteiger partial charge is 0.152 e. The van der Waals surface area contributed by atoms with Crippen LogP contribution in [0.2, 0.25) is 0 Å². The molecule has 14 heavy (non-hydrogen) atoms. The Bertz CT molecular complexity index is 546. The zero-order chi connectivity index (χ0) is 9.38. The molecular weight excluding hydrogens is 208 g/mol. The molecule has 0 saturated heterocycles. The van der Waals surface area contributed by atoms with Gasteiger partial charge in [-0.15, -0.1) is 11.3 Å². The van der Waals surface area contributed by atoms with E-state index in [1.165, 1.54) is 21.2 Å². The Labute approximate surface area is 90.5 Å². The van der Waals surface area contributed by atoms with Crippen LogP contribution < -0.4 is 0 Å². The smallest absolute Gasteiger partial charge is 0.0348 e. The van der Waals surface area contributed by atoms with Crippen molar-refractivity contribution in [1.29, 1.82) is 0 Å². The number of benzene rings is 1. The molecule has 3 aromatic rings. The summed E-state index contributed by atoms with van der Waals surface area (Å²) in [7, 11) is 0. The topological polar surface area (TPSA) is 0 Å². The minimum atomic E-state index is 1.33. The fourth-order valence-electron chi connectivity index (χ4n) is 1.66. The second-order valence-electron chi connectivity index (χ2n) is 3.15. The summed E-state index contributed by atoms with van der Waals surface area (Å²) in [5, 5.41) is 7.85. The third-order valence-corrected chi connectivity index (χ3v) is 3.89. The molecule has 2 heteroatoms. The summed E-state index contributed by atoms with van der Waals surface area (Å²) in [5.74, 6) is 0. The van der Waals surface area contributed by atoms with E-state index in [1.807, 2.05) is 0 Å². The van der Waals surface area contributed by atoms with Gasteiger partial charge >= 0.3 is 0 Å². The van der Waals surface area contributed by atoms with Crippen molar-refractivity contribution in [2.75, 3.05) is 0 Å². The Morgan fingerprint density at radius 1 is 0.929 bits per heavy atom. The molecule has 0 atom stereocenters. The molecule has 0 radical (unpaired) electrons. The Morgan fingerprint density at radius 2 is 1.93 bits per heavy atom. The molecule has 0 amide bonds. The molecule has 0 bridgehead atoms. The molecule has 0 N–H and O–H groups in total. The Kier molecular flexibility index (Phi) is 1.89. The van der Waals surface area contributed by atoms with Crippen molar-refractivity contribution >= 4 is 32.8 Å². The van der Waals surface area contributed by atoms with Crippen molar-refractivity contribution in [3.63, 3.8) is 0 Å². The zero-order valence-corrected chi connectivity index (χ0v) is 9.07. The van der Waals surface area contributed by atoms with Crippen molar-refractivity contribution < 1.29 is 0 Å². The van der Waals surface area contributed by atoms with E-state index in [9.17, 15) is 0 Å². The summed E-state index contributed by atoms with van der Waals surface area (Å²) in [6.45, 7) is 0. The van der Waals surface area contributed by atoms with E-state index in [0.717, 1.165) is 0 Å². The molecule has 0 spiro atoms. The monoisotopic (exact) mass is 216 g/mol. The highest BCUT2D eigenvalue weighted by Gasteiger charge is 2.03. The first kappa shape index (κ1) is 8.21. The highest BCUT2D eigenvalue weighted by molar-refractivity contribution is 7.17. The van der Waals surface area contributed by atoms with Crippen LogP contribution in [0, 0.1) is 0 Å². The van der Waals surface area contributed by atoms with Gasteiger partial charge in [-0.1, -0.05) is 12.1 Å². The minimum absolute atomic E-state index is 1.33. The average Bonchev–Trinajstić information content (AvgIpc) is 2.88. The van der Waals surface area contributed by atoms with Crippen LogP contribution in [-0.2, 0) is 0 Å². The standard InChI is InChI=1S/C12H8S2/c1-2-10(9-4-6-13-8-9)11-5-7-14-12(11)3-1/h1-8H. The van der Waals surface area contributed by atoms with Gasteiger partial charge in [-0.3, -0.25) is 0 Å². The lowest BCUT2D eigenvalue weighted by molar-refractivity contribution is 1.78. The van der Waals surface area contributed by atoms with Gasteiger partial charge < -0.3 is 0 Å². The molecule has 0 aliphatic carbocycles. The maximum atomic E-state index is 2.20. The van der Waals surface area contributed by atoms with Gasteiger partial charge in [0.25, 0.3) is 0 Å². The van der Waals surface area contributed by atoms with E-state index in [1.54, 1.807) is 22.7 Å². The van der Waals surface area contributed by atoms with E-state index >= 15 is 0 Å². The second-order valence-corrected chi connectivity index (χ2v) is 4.88. The minimum Gasteiger partial charge on any atom is -0.152 e. The maximum absolute atomic E-state index is 2.20. The molecule has 2 aromatic heterocycles. The van der Waals surface area contributed by atoms with Crippen molar-refractivity contribution in [1.82, 2.24) is 0 Å². The van der Waals surface area contributed by atoms with Crippen LogP contribution in [0.25, 0.3) is 21.2 Å². The molecule has 0 aliphatic heterocycles. The van der Waals surface area contributed by atoms with Crippen LogP contribution in [0.4, 0.5) is 0 Å². The fourth-order valence-corrected chi connectivity index (χ4v) is 3.13. The molecule has 3 rings (SSSR count). The van der Waals surface area contributed by atoms with Crippen LogP contribution in [-0.4, -0.2) is 0 Å². The number of thiophene rings is 2. The first-order valence-electron chi connectivity index (χ1n) is 4.44. The van der Waals surface area contributed by atoms with Crippen LogP contribution in [0.15, 0.2) is 46.5 Å². The lowest BCUT2D eigenvalue weighted by Gasteiger charge is -1.99. The predicted octanol–water partition coefficient (Wildman–Crippen LogP) is 4.63. The van der Waals surface area contributed by atoms with Crippen LogP contribution >= 0.6 is 22.7 Å². The van der Waals surface area contributed by atoms with Gasteiger partial charge in [-0.2, -0.15) is 11.3 Å². The molecule has 0 aliphatic rings. The van der Waals surface area contributed by atoms with Gasteiger partial charge in [0, 0.05) is 10.1 Å². The van der Waals surface area contributed by atoms with Crippen molar-refractivity contribution in [3.05, 3.63) is 46.5 Å². The van der Waals surface area contributed by atoms with Crippen molar-refractivity contribution in [2.45, 2.75) is 0 Å². The summed E-state index contributed by atoms with van der Waals surface area (Å²) in [4.78, 5) is 0. The first-order valence-corrected chi connectivity index (χ1v) is 6.26. The quantitative estimate of drug-likeness (QED) is 0.556. The molecule has 2 heterocycles. The molecule has 0 fully saturated rings. The van der Waals surface area contributed by atoms with Gasteiger partial charge in [-0.05, 0) is 45.5 Å². The van der Waals surface area contributed by atoms with E-state index < -0.39 is 0 Å². The molecule has 0 saturated carbocycles. The van der Waals surface area contributed by atoms with Crippen molar-refractivity contribution in [3.8, 4) is 11.1 Å². The van der Waals surface area contributed by atoms with E-state index in [-0.39, 0.29) is 0 Å². The molecule has 1 aromatic carbocycles. The van der Waals surface area contributed by atoms with Gasteiger partial charge in [-0.25, -0.2) is 0 Å². The first-order chi connectivity index (χ1) is 6.95. The zero-order valence-electron chi connectivity index (χ0n) is 7.44. The fraction of sp³-hybridized carbons (Fsp3) is 0. The molecule has 0 unspecified atom stereocenters. The lowest BCUT2D eigenvalue weighted by atomic mass is 10.1. The SMILES string of the molecule is c1cc(-c2ccsc2)c2ccsc2c1. The normalized spacial score (nSPS) is 10.9.